The van der Waals surface area contributed by atoms with Crippen LogP contribution in [0.25, 0.3) is 10.8 Å². The molecule has 0 unspecified atom stereocenters. The standard InChI is InChI=1S/C15H20N2O3S2/c1-10-11(17-14(20-10)12-5-4-6-22-12)7-13(18)16-8-15(2,19)9-21-3/h4-6,19H,7-9H2,1-3H3,(H,16,18)/t15-/m1/s1. The molecule has 2 rings (SSSR count). The molecule has 0 fully saturated rings. The van der Waals surface area contributed by atoms with Crippen molar-refractivity contribution in [2.75, 3.05) is 18.6 Å². The number of carbonyl (C=O) groups excluding carboxylic acids is 1. The number of amides is 1. The number of thioether (sulfide) groups is 1. The molecule has 0 radical (unpaired) electrons. The van der Waals surface area contributed by atoms with Crippen molar-refractivity contribution < 1.29 is 14.3 Å². The first-order valence-corrected chi connectivity index (χ1v) is 9.17. The second kappa shape index (κ2) is 7.30. The van der Waals surface area contributed by atoms with E-state index in [-0.39, 0.29) is 18.9 Å². The monoisotopic (exact) mass is 340 g/mol. The van der Waals surface area contributed by atoms with Crippen LogP contribution < -0.4 is 5.32 Å². The molecule has 0 aromatic carbocycles. The van der Waals surface area contributed by atoms with Gasteiger partial charge >= 0.3 is 0 Å². The highest BCUT2D eigenvalue weighted by atomic mass is 32.2. The second-order valence-corrected chi connectivity index (χ2v) is 7.20. The first-order chi connectivity index (χ1) is 10.4. The van der Waals surface area contributed by atoms with Crippen LogP contribution in [0, 0.1) is 6.92 Å². The van der Waals surface area contributed by atoms with Gasteiger partial charge in [-0.05, 0) is 31.5 Å². The van der Waals surface area contributed by atoms with Crippen molar-refractivity contribution in [2.24, 2.45) is 0 Å². The number of hydrogen-bond donors (Lipinski definition) is 2. The molecule has 0 aliphatic carbocycles. The third-order valence-electron chi connectivity index (χ3n) is 3.07. The Bertz CT molecular complexity index is 621. The van der Waals surface area contributed by atoms with Gasteiger partial charge in [0.05, 0.1) is 22.6 Å². The number of thiophene rings is 1. The van der Waals surface area contributed by atoms with E-state index in [2.05, 4.69) is 10.3 Å². The molecular formula is C15H20N2O3S2. The van der Waals surface area contributed by atoms with Gasteiger partial charge in [-0.15, -0.1) is 11.3 Å². The predicted molar refractivity (Wildman–Crippen MR) is 90.3 cm³/mol. The number of aryl methyl sites for hydroxylation is 1. The van der Waals surface area contributed by atoms with E-state index in [9.17, 15) is 9.90 Å². The molecule has 0 bridgehead atoms. The van der Waals surface area contributed by atoms with E-state index in [0.717, 1.165) is 4.88 Å². The minimum Gasteiger partial charge on any atom is -0.440 e. The maximum atomic E-state index is 12.0. The fourth-order valence-electron chi connectivity index (χ4n) is 1.96. The van der Waals surface area contributed by atoms with Crippen molar-refractivity contribution in [3.05, 3.63) is 29.0 Å². The summed E-state index contributed by atoms with van der Waals surface area (Å²) >= 11 is 3.08. The summed E-state index contributed by atoms with van der Waals surface area (Å²) in [6, 6.07) is 3.86. The van der Waals surface area contributed by atoms with E-state index < -0.39 is 5.60 Å². The molecule has 0 saturated carbocycles. The maximum Gasteiger partial charge on any atom is 0.236 e. The largest absolute Gasteiger partial charge is 0.440 e. The highest BCUT2D eigenvalue weighted by molar-refractivity contribution is 7.98. The van der Waals surface area contributed by atoms with Crippen LogP contribution in [-0.2, 0) is 11.2 Å². The summed E-state index contributed by atoms with van der Waals surface area (Å²) in [4.78, 5) is 17.3. The summed E-state index contributed by atoms with van der Waals surface area (Å²) in [5.41, 5.74) is -0.277. The van der Waals surface area contributed by atoms with Gasteiger partial charge in [0.15, 0.2) is 0 Å². The Labute approximate surface area is 138 Å². The Kier molecular flexibility index (Phi) is 5.66. The first kappa shape index (κ1) is 17.1. The predicted octanol–water partition coefficient (Wildman–Crippen LogP) is 2.48. The van der Waals surface area contributed by atoms with Gasteiger partial charge in [0, 0.05) is 12.3 Å². The first-order valence-electron chi connectivity index (χ1n) is 6.89. The van der Waals surface area contributed by atoms with Gasteiger partial charge in [0.25, 0.3) is 0 Å². The second-order valence-electron chi connectivity index (χ2n) is 5.38. The van der Waals surface area contributed by atoms with E-state index in [0.29, 0.717) is 23.1 Å². The molecule has 2 aromatic rings. The van der Waals surface area contributed by atoms with Crippen LogP contribution in [0.1, 0.15) is 18.4 Å². The number of hydrogen-bond acceptors (Lipinski definition) is 6. The van der Waals surface area contributed by atoms with Crippen molar-refractivity contribution >= 4 is 29.0 Å². The molecule has 0 saturated heterocycles. The van der Waals surface area contributed by atoms with Gasteiger partial charge in [-0.3, -0.25) is 4.79 Å². The summed E-state index contributed by atoms with van der Waals surface area (Å²) in [6.45, 7) is 3.73. The van der Waals surface area contributed by atoms with E-state index in [1.165, 1.54) is 0 Å². The van der Waals surface area contributed by atoms with Crippen molar-refractivity contribution in [1.29, 1.82) is 0 Å². The highest BCUT2D eigenvalue weighted by Gasteiger charge is 2.21. The summed E-state index contributed by atoms with van der Waals surface area (Å²) < 4.78 is 5.61. The third-order valence-corrected chi connectivity index (χ3v) is 4.84. The zero-order valence-corrected chi connectivity index (χ0v) is 14.5. The Morgan fingerprint density at radius 3 is 3.00 bits per heavy atom. The molecule has 2 N–H and O–H groups in total. The van der Waals surface area contributed by atoms with Gasteiger partial charge in [-0.1, -0.05) is 6.07 Å². The molecule has 2 heterocycles. The Hall–Kier alpha value is -1.31. The fraction of sp³-hybridized carbons (Fsp3) is 0.467. The van der Waals surface area contributed by atoms with E-state index in [4.69, 9.17) is 4.42 Å². The average Bonchev–Trinajstić information content (AvgIpc) is 3.07. The molecule has 0 aliphatic rings. The normalized spacial score (nSPS) is 13.8. The topological polar surface area (TPSA) is 75.4 Å². The number of nitrogens with zero attached hydrogens (tertiary/aromatic N) is 1. The van der Waals surface area contributed by atoms with Crippen LogP contribution in [0.5, 0.6) is 0 Å². The number of aliphatic hydroxyl groups is 1. The van der Waals surface area contributed by atoms with Crippen LogP contribution in [0.2, 0.25) is 0 Å². The van der Waals surface area contributed by atoms with Crippen molar-refractivity contribution in [1.82, 2.24) is 10.3 Å². The lowest BCUT2D eigenvalue weighted by atomic mass is 10.1. The van der Waals surface area contributed by atoms with E-state index in [1.807, 2.05) is 23.8 Å². The molecule has 1 atom stereocenters. The zero-order valence-electron chi connectivity index (χ0n) is 12.9. The molecule has 120 valence electrons. The Morgan fingerprint density at radius 1 is 1.59 bits per heavy atom. The van der Waals surface area contributed by atoms with E-state index >= 15 is 0 Å². The lowest BCUT2D eigenvalue weighted by Gasteiger charge is -2.22. The molecule has 2 aromatic heterocycles. The van der Waals surface area contributed by atoms with Gasteiger partial charge in [-0.25, -0.2) is 4.98 Å². The highest BCUT2D eigenvalue weighted by Crippen LogP contribution is 2.26. The minimum atomic E-state index is -0.907. The lowest BCUT2D eigenvalue weighted by Crippen LogP contribution is -2.43. The molecule has 0 aliphatic heterocycles. The third kappa shape index (κ3) is 4.59. The molecule has 22 heavy (non-hydrogen) atoms. The van der Waals surface area contributed by atoms with E-state index in [1.54, 1.807) is 36.9 Å². The van der Waals surface area contributed by atoms with Gasteiger partial charge in [0.1, 0.15) is 5.76 Å². The number of rotatable bonds is 7. The van der Waals surface area contributed by atoms with Gasteiger partial charge in [-0.2, -0.15) is 11.8 Å². The van der Waals surface area contributed by atoms with Crippen molar-refractivity contribution in [3.63, 3.8) is 0 Å². The molecule has 7 heteroatoms. The summed E-state index contributed by atoms with van der Waals surface area (Å²) in [7, 11) is 0. The minimum absolute atomic E-state index is 0.149. The fourth-order valence-corrected chi connectivity index (χ4v) is 3.34. The van der Waals surface area contributed by atoms with Gasteiger partial charge in [0.2, 0.25) is 11.8 Å². The smallest absolute Gasteiger partial charge is 0.236 e. The molecule has 1 amide bonds. The summed E-state index contributed by atoms with van der Waals surface area (Å²) in [6.07, 6.45) is 2.07. The number of aromatic nitrogens is 1. The molecular weight excluding hydrogens is 320 g/mol. The lowest BCUT2D eigenvalue weighted by molar-refractivity contribution is -0.121. The van der Waals surface area contributed by atoms with Crippen LogP contribution in [0.3, 0.4) is 0 Å². The quantitative estimate of drug-likeness (QED) is 0.810. The summed E-state index contributed by atoms with van der Waals surface area (Å²) in [5.74, 6) is 1.59. The molecule has 0 spiro atoms. The van der Waals surface area contributed by atoms with Gasteiger partial charge < -0.3 is 14.8 Å². The SMILES string of the molecule is CSC[C@](C)(O)CNC(=O)Cc1nc(-c2cccs2)oc1C. The van der Waals surface area contributed by atoms with Crippen molar-refractivity contribution in [3.8, 4) is 10.8 Å². The summed E-state index contributed by atoms with van der Waals surface area (Å²) in [5, 5.41) is 14.7. The number of nitrogens with one attached hydrogen (secondary N) is 1. The Balaban J connectivity index is 1.95. The maximum absolute atomic E-state index is 12.0. The number of carbonyl (C=O) groups is 1. The van der Waals surface area contributed by atoms with Crippen molar-refractivity contribution in [2.45, 2.75) is 25.9 Å². The van der Waals surface area contributed by atoms with Crippen LogP contribution in [0.15, 0.2) is 21.9 Å². The zero-order chi connectivity index (χ0) is 16.2. The molecule has 5 nitrogen and oxygen atoms in total. The average molecular weight is 340 g/mol. The van der Waals surface area contributed by atoms with Crippen LogP contribution in [-0.4, -0.2) is 40.2 Å². The Morgan fingerprint density at radius 2 is 2.36 bits per heavy atom. The number of oxazole rings is 1. The van der Waals surface area contributed by atoms with Crippen LogP contribution >= 0.6 is 23.1 Å². The van der Waals surface area contributed by atoms with Crippen LogP contribution in [0.4, 0.5) is 0 Å².